The van der Waals surface area contributed by atoms with Crippen LogP contribution >= 0.6 is 0 Å². The lowest BCUT2D eigenvalue weighted by Gasteiger charge is -2.41. The molecule has 0 bridgehead atoms. The second-order valence-corrected chi connectivity index (χ2v) is 5.45. The average Bonchev–Trinajstić information content (AvgIpc) is 2.35. The van der Waals surface area contributed by atoms with E-state index < -0.39 is 0 Å². The third-order valence-corrected chi connectivity index (χ3v) is 3.98. The van der Waals surface area contributed by atoms with Crippen molar-refractivity contribution in [3.63, 3.8) is 0 Å². The number of aryl methyl sites for hydroxylation is 2. The van der Waals surface area contributed by atoms with Gasteiger partial charge in [0.1, 0.15) is 0 Å². The van der Waals surface area contributed by atoms with Gasteiger partial charge in [-0.05, 0) is 51.1 Å². The molecule has 1 atom stereocenters. The fourth-order valence-electron chi connectivity index (χ4n) is 2.73. The van der Waals surface area contributed by atoms with Crippen LogP contribution in [0.3, 0.4) is 0 Å². The van der Waals surface area contributed by atoms with E-state index in [4.69, 9.17) is 5.73 Å². The predicted molar refractivity (Wildman–Crippen MR) is 78.2 cm³/mol. The maximum Gasteiger partial charge on any atom is 0.0399 e. The van der Waals surface area contributed by atoms with Crippen molar-refractivity contribution in [2.24, 2.45) is 5.73 Å². The number of piperazine rings is 1. The van der Waals surface area contributed by atoms with E-state index in [2.05, 4.69) is 48.9 Å². The smallest absolute Gasteiger partial charge is 0.0399 e. The van der Waals surface area contributed by atoms with E-state index in [1.165, 1.54) is 16.8 Å². The van der Waals surface area contributed by atoms with Crippen molar-refractivity contribution in [2.75, 3.05) is 38.1 Å². The second kappa shape index (κ2) is 5.72. The molecule has 0 aliphatic carbocycles. The highest BCUT2D eigenvalue weighted by molar-refractivity contribution is 5.55. The van der Waals surface area contributed by atoms with E-state index in [0.29, 0.717) is 6.04 Å². The first-order valence-corrected chi connectivity index (χ1v) is 6.84. The summed E-state index contributed by atoms with van der Waals surface area (Å²) in [4.78, 5) is 4.96. The van der Waals surface area contributed by atoms with E-state index in [1.807, 2.05) is 0 Å². The number of hydrogen-bond acceptors (Lipinski definition) is 3. The molecule has 100 valence electrons. The first-order chi connectivity index (χ1) is 8.61. The molecule has 1 aromatic carbocycles. The summed E-state index contributed by atoms with van der Waals surface area (Å²) < 4.78 is 0. The minimum Gasteiger partial charge on any atom is -0.368 e. The van der Waals surface area contributed by atoms with Crippen molar-refractivity contribution in [3.05, 3.63) is 29.3 Å². The Hall–Kier alpha value is -1.06. The van der Waals surface area contributed by atoms with Crippen LogP contribution in [0.4, 0.5) is 5.69 Å². The first-order valence-electron chi connectivity index (χ1n) is 6.84. The molecular weight excluding hydrogens is 222 g/mol. The molecule has 1 aromatic rings. The van der Waals surface area contributed by atoms with Crippen molar-refractivity contribution in [1.82, 2.24) is 4.90 Å². The molecule has 0 amide bonds. The van der Waals surface area contributed by atoms with Crippen LogP contribution in [-0.4, -0.2) is 44.2 Å². The Morgan fingerprint density at radius 1 is 1.28 bits per heavy atom. The number of hydrogen-bond donors (Lipinski definition) is 1. The van der Waals surface area contributed by atoms with E-state index in [1.54, 1.807) is 0 Å². The summed E-state index contributed by atoms with van der Waals surface area (Å²) in [7, 11) is 2.21. The van der Waals surface area contributed by atoms with Crippen LogP contribution in [0.2, 0.25) is 0 Å². The SMILES string of the molecule is Cc1ccc(C)c(N2CCN(C)C(CCN)C2)c1. The summed E-state index contributed by atoms with van der Waals surface area (Å²) in [5.74, 6) is 0. The van der Waals surface area contributed by atoms with Gasteiger partial charge in [0.2, 0.25) is 0 Å². The van der Waals surface area contributed by atoms with Gasteiger partial charge in [-0.2, -0.15) is 0 Å². The van der Waals surface area contributed by atoms with Crippen molar-refractivity contribution < 1.29 is 0 Å². The molecule has 1 heterocycles. The molecule has 0 radical (unpaired) electrons. The minimum absolute atomic E-state index is 0.587. The number of nitrogens with two attached hydrogens (primary N) is 1. The van der Waals surface area contributed by atoms with Crippen molar-refractivity contribution in [2.45, 2.75) is 26.3 Å². The van der Waals surface area contributed by atoms with Gasteiger partial charge >= 0.3 is 0 Å². The molecule has 1 fully saturated rings. The molecule has 0 spiro atoms. The zero-order valence-corrected chi connectivity index (χ0v) is 11.8. The Bertz CT molecular complexity index is 403. The third-order valence-electron chi connectivity index (χ3n) is 3.98. The number of benzene rings is 1. The molecule has 3 nitrogen and oxygen atoms in total. The van der Waals surface area contributed by atoms with Crippen LogP contribution in [0.5, 0.6) is 0 Å². The topological polar surface area (TPSA) is 32.5 Å². The van der Waals surface area contributed by atoms with Gasteiger partial charge in [-0.25, -0.2) is 0 Å². The molecule has 1 aliphatic heterocycles. The highest BCUT2D eigenvalue weighted by atomic mass is 15.3. The molecule has 2 rings (SSSR count). The molecule has 1 unspecified atom stereocenters. The van der Waals surface area contributed by atoms with Gasteiger partial charge in [0, 0.05) is 31.4 Å². The summed E-state index contributed by atoms with van der Waals surface area (Å²) in [6, 6.07) is 7.30. The molecule has 0 saturated carbocycles. The maximum atomic E-state index is 5.71. The monoisotopic (exact) mass is 247 g/mol. The molecule has 18 heavy (non-hydrogen) atoms. The molecule has 3 heteroatoms. The number of rotatable bonds is 3. The zero-order chi connectivity index (χ0) is 13.1. The highest BCUT2D eigenvalue weighted by Gasteiger charge is 2.24. The molecular formula is C15H25N3. The molecule has 1 saturated heterocycles. The average molecular weight is 247 g/mol. The normalized spacial score (nSPS) is 21.3. The van der Waals surface area contributed by atoms with Gasteiger partial charge in [-0.15, -0.1) is 0 Å². The fraction of sp³-hybridized carbons (Fsp3) is 0.600. The largest absolute Gasteiger partial charge is 0.368 e. The molecule has 2 N–H and O–H groups in total. The quantitative estimate of drug-likeness (QED) is 0.883. The molecule has 1 aliphatic rings. The van der Waals surface area contributed by atoms with E-state index in [0.717, 1.165) is 32.6 Å². The van der Waals surface area contributed by atoms with Gasteiger partial charge in [0.15, 0.2) is 0 Å². The fourth-order valence-corrected chi connectivity index (χ4v) is 2.73. The Morgan fingerprint density at radius 3 is 2.78 bits per heavy atom. The lowest BCUT2D eigenvalue weighted by molar-refractivity contribution is 0.210. The van der Waals surface area contributed by atoms with Crippen molar-refractivity contribution in [3.8, 4) is 0 Å². The van der Waals surface area contributed by atoms with E-state index >= 15 is 0 Å². The van der Waals surface area contributed by atoms with Crippen LogP contribution < -0.4 is 10.6 Å². The van der Waals surface area contributed by atoms with E-state index in [-0.39, 0.29) is 0 Å². The molecule has 0 aromatic heterocycles. The zero-order valence-electron chi connectivity index (χ0n) is 11.8. The summed E-state index contributed by atoms with van der Waals surface area (Å²) in [5, 5.41) is 0. The van der Waals surface area contributed by atoms with Gasteiger partial charge in [-0.1, -0.05) is 12.1 Å². The van der Waals surface area contributed by atoms with Crippen LogP contribution in [0.15, 0.2) is 18.2 Å². The van der Waals surface area contributed by atoms with E-state index in [9.17, 15) is 0 Å². The third kappa shape index (κ3) is 2.85. The number of anilines is 1. The Balaban J connectivity index is 2.16. The highest BCUT2D eigenvalue weighted by Crippen LogP contribution is 2.24. The summed E-state index contributed by atoms with van der Waals surface area (Å²) in [6.07, 6.45) is 1.08. The standard InChI is InChI=1S/C15H25N3/c1-12-4-5-13(2)15(10-12)18-9-8-17(3)14(11-18)6-7-16/h4-5,10,14H,6-9,11,16H2,1-3H3. The Kier molecular flexibility index (Phi) is 4.25. The van der Waals surface area contributed by atoms with Crippen LogP contribution in [0.25, 0.3) is 0 Å². The van der Waals surface area contributed by atoms with Crippen molar-refractivity contribution >= 4 is 5.69 Å². The second-order valence-electron chi connectivity index (χ2n) is 5.45. The predicted octanol–water partition coefficient (Wildman–Crippen LogP) is 1.77. The summed E-state index contributed by atoms with van der Waals surface area (Å²) in [5.41, 5.74) is 9.82. The lowest BCUT2D eigenvalue weighted by atomic mass is 10.1. The Morgan fingerprint density at radius 2 is 2.06 bits per heavy atom. The van der Waals surface area contributed by atoms with Crippen LogP contribution in [0, 0.1) is 13.8 Å². The van der Waals surface area contributed by atoms with Gasteiger partial charge in [0.25, 0.3) is 0 Å². The Labute approximate surface area is 111 Å². The number of likely N-dealkylation sites (N-methyl/N-ethyl adjacent to an activating group) is 1. The maximum absolute atomic E-state index is 5.71. The minimum atomic E-state index is 0.587. The number of nitrogens with zero attached hydrogens (tertiary/aromatic N) is 2. The van der Waals surface area contributed by atoms with Crippen LogP contribution in [0.1, 0.15) is 17.5 Å². The lowest BCUT2D eigenvalue weighted by Crippen LogP contribution is -2.52. The summed E-state index contributed by atoms with van der Waals surface area (Å²) in [6.45, 7) is 8.47. The van der Waals surface area contributed by atoms with Gasteiger partial charge < -0.3 is 10.6 Å². The van der Waals surface area contributed by atoms with Crippen LogP contribution in [-0.2, 0) is 0 Å². The van der Waals surface area contributed by atoms with Gasteiger partial charge in [-0.3, -0.25) is 4.90 Å². The van der Waals surface area contributed by atoms with Gasteiger partial charge in [0.05, 0.1) is 0 Å². The van der Waals surface area contributed by atoms with Crippen molar-refractivity contribution in [1.29, 1.82) is 0 Å². The summed E-state index contributed by atoms with van der Waals surface area (Å²) >= 11 is 0. The first kappa shape index (κ1) is 13.4.